The van der Waals surface area contributed by atoms with Gasteiger partial charge in [-0.1, -0.05) is 25.8 Å². The van der Waals surface area contributed by atoms with Crippen molar-refractivity contribution in [3.8, 4) is 6.07 Å². The van der Waals surface area contributed by atoms with E-state index < -0.39 is 5.82 Å². The first kappa shape index (κ1) is 11.9. The molecule has 1 aliphatic carbocycles. The van der Waals surface area contributed by atoms with E-state index in [1.54, 1.807) is 12.1 Å². The predicted octanol–water partition coefficient (Wildman–Crippen LogP) is 3.69. The van der Waals surface area contributed by atoms with Gasteiger partial charge in [0.15, 0.2) is 0 Å². The van der Waals surface area contributed by atoms with Gasteiger partial charge in [0.25, 0.3) is 0 Å². The monoisotopic (exact) mass is 232 g/mol. The van der Waals surface area contributed by atoms with Crippen molar-refractivity contribution >= 4 is 5.69 Å². The molecule has 1 fully saturated rings. The number of nitriles is 1. The van der Waals surface area contributed by atoms with Crippen molar-refractivity contribution in [1.82, 2.24) is 0 Å². The number of halogens is 1. The Morgan fingerprint density at radius 3 is 2.76 bits per heavy atom. The standard InChI is InChI=1S/C14H17FN2/c1-14(7-2-3-8-14)10-17-13-6-4-5-12(15)11(13)9-16/h4-6,17H,2-3,7-8,10H2,1H3. The molecular weight excluding hydrogens is 215 g/mol. The first-order chi connectivity index (χ1) is 8.14. The lowest BCUT2D eigenvalue weighted by Gasteiger charge is -2.24. The van der Waals surface area contributed by atoms with Crippen LogP contribution in [0.1, 0.15) is 38.2 Å². The summed E-state index contributed by atoms with van der Waals surface area (Å²) in [4.78, 5) is 0. The summed E-state index contributed by atoms with van der Waals surface area (Å²) in [5.74, 6) is -0.450. The van der Waals surface area contributed by atoms with Gasteiger partial charge in [-0.3, -0.25) is 0 Å². The Kier molecular flexibility index (Phi) is 3.33. The van der Waals surface area contributed by atoms with Crippen LogP contribution in [0.2, 0.25) is 0 Å². The summed E-state index contributed by atoms with van der Waals surface area (Å²) >= 11 is 0. The maximum Gasteiger partial charge on any atom is 0.143 e. The van der Waals surface area contributed by atoms with Gasteiger partial charge in [0, 0.05) is 6.54 Å². The van der Waals surface area contributed by atoms with E-state index in [9.17, 15) is 4.39 Å². The van der Waals surface area contributed by atoms with Crippen LogP contribution in [0.3, 0.4) is 0 Å². The third-order valence-electron chi connectivity index (χ3n) is 3.64. The highest BCUT2D eigenvalue weighted by Crippen LogP contribution is 2.37. The number of rotatable bonds is 3. The Balaban J connectivity index is 2.09. The lowest BCUT2D eigenvalue weighted by Crippen LogP contribution is -2.23. The molecule has 90 valence electrons. The van der Waals surface area contributed by atoms with Crippen LogP contribution in [0.5, 0.6) is 0 Å². The Morgan fingerprint density at radius 2 is 2.12 bits per heavy atom. The normalized spacial score (nSPS) is 17.7. The zero-order chi connectivity index (χ0) is 12.3. The highest BCUT2D eigenvalue weighted by Gasteiger charge is 2.28. The maximum absolute atomic E-state index is 13.4. The van der Waals surface area contributed by atoms with Crippen LogP contribution in [0.4, 0.5) is 10.1 Å². The predicted molar refractivity (Wildman–Crippen MR) is 66.2 cm³/mol. The summed E-state index contributed by atoms with van der Waals surface area (Å²) < 4.78 is 13.4. The maximum atomic E-state index is 13.4. The minimum atomic E-state index is -0.450. The van der Waals surface area contributed by atoms with Crippen molar-refractivity contribution in [2.24, 2.45) is 5.41 Å². The van der Waals surface area contributed by atoms with Crippen LogP contribution in [0.15, 0.2) is 18.2 Å². The van der Waals surface area contributed by atoms with Crippen LogP contribution in [0, 0.1) is 22.6 Å². The highest BCUT2D eigenvalue weighted by molar-refractivity contribution is 5.57. The molecule has 0 atom stereocenters. The number of hydrogen-bond donors (Lipinski definition) is 1. The zero-order valence-electron chi connectivity index (χ0n) is 10.1. The molecule has 0 aromatic heterocycles. The topological polar surface area (TPSA) is 35.8 Å². The molecule has 3 heteroatoms. The summed E-state index contributed by atoms with van der Waals surface area (Å²) in [6.07, 6.45) is 4.95. The number of nitrogens with zero attached hydrogens (tertiary/aromatic N) is 1. The summed E-state index contributed by atoms with van der Waals surface area (Å²) in [6.45, 7) is 3.06. The van der Waals surface area contributed by atoms with Gasteiger partial charge in [0.2, 0.25) is 0 Å². The van der Waals surface area contributed by atoms with E-state index in [0.29, 0.717) is 11.1 Å². The van der Waals surface area contributed by atoms with Gasteiger partial charge < -0.3 is 5.32 Å². The minimum Gasteiger partial charge on any atom is -0.383 e. The number of hydrogen-bond acceptors (Lipinski definition) is 2. The number of anilines is 1. The molecule has 0 amide bonds. The van der Waals surface area contributed by atoms with Crippen molar-refractivity contribution in [3.05, 3.63) is 29.6 Å². The molecular formula is C14H17FN2. The molecule has 0 bridgehead atoms. The van der Waals surface area contributed by atoms with Crippen LogP contribution in [-0.2, 0) is 0 Å². The summed E-state index contributed by atoms with van der Waals surface area (Å²) in [5.41, 5.74) is 1.02. The molecule has 0 spiro atoms. The molecule has 1 saturated carbocycles. The third kappa shape index (κ3) is 2.58. The van der Waals surface area contributed by atoms with Gasteiger partial charge in [0.05, 0.1) is 5.69 Å². The fraction of sp³-hybridized carbons (Fsp3) is 0.500. The molecule has 2 rings (SSSR count). The summed E-state index contributed by atoms with van der Waals surface area (Å²) in [6, 6.07) is 6.63. The molecule has 0 heterocycles. The molecule has 0 saturated heterocycles. The molecule has 1 aromatic carbocycles. The number of nitrogens with one attached hydrogen (secondary N) is 1. The van der Waals surface area contributed by atoms with E-state index >= 15 is 0 Å². The van der Waals surface area contributed by atoms with Gasteiger partial charge in [-0.2, -0.15) is 5.26 Å². The quantitative estimate of drug-likeness (QED) is 0.862. The van der Waals surface area contributed by atoms with Crippen LogP contribution in [-0.4, -0.2) is 6.54 Å². The Bertz CT molecular complexity index is 442. The smallest absolute Gasteiger partial charge is 0.143 e. The average Bonchev–Trinajstić information content (AvgIpc) is 2.74. The lowest BCUT2D eigenvalue weighted by molar-refractivity contribution is 0.362. The molecule has 0 radical (unpaired) electrons. The second-order valence-corrected chi connectivity index (χ2v) is 5.15. The second kappa shape index (κ2) is 4.75. The van der Waals surface area contributed by atoms with E-state index in [0.717, 1.165) is 6.54 Å². The average molecular weight is 232 g/mol. The SMILES string of the molecule is CC1(CNc2cccc(F)c2C#N)CCCC1. The highest BCUT2D eigenvalue weighted by atomic mass is 19.1. The fourth-order valence-electron chi connectivity index (χ4n) is 2.50. The molecule has 17 heavy (non-hydrogen) atoms. The van der Waals surface area contributed by atoms with Crippen LogP contribution >= 0.6 is 0 Å². The van der Waals surface area contributed by atoms with Gasteiger partial charge in [-0.15, -0.1) is 0 Å². The molecule has 2 nitrogen and oxygen atoms in total. The van der Waals surface area contributed by atoms with Gasteiger partial charge in [-0.25, -0.2) is 4.39 Å². The van der Waals surface area contributed by atoms with Crippen LogP contribution in [0.25, 0.3) is 0 Å². The van der Waals surface area contributed by atoms with Crippen molar-refractivity contribution < 1.29 is 4.39 Å². The van der Waals surface area contributed by atoms with E-state index in [2.05, 4.69) is 12.2 Å². The minimum absolute atomic E-state index is 0.120. The lowest BCUT2D eigenvalue weighted by atomic mass is 9.89. The van der Waals surface area contributed by atoms with Gasteiger partial charge in [-0.05, 0) is 30.4 Å². The van der Waals surface area contributed by atoms with E-state index in [1.807, 2.05) is 6.07 Å². The first-order valence-corrected chi connectivity index (χ1v) is 6.07. The summed E-state index contributed by atoms with van der Waals surface area (Å²) in [5, 5.41) is 12.2. The molecule has 1 aliphatic rings. The van der Waals surface area contributed by atoms with E-state index in [-0.39, 0.29) is 5.56 Å². The van der Waals surface area contributed by atoms with Gasteiger partial charge >= 0.3 is 0 Å². The fourth-order valence-corrected chi connectivity index (χ4v) is 2.50. The summed E-state index contributed by atoms with van der Waals surface area (Å²) in [7, 11) is 0. The molecule has 1 N–H and O–H groups in total. The Hall–Kier alpha value is -1.56. The first-order valence-electron chi connectivity index (χ1n) is 6.07. The van der Waals surface area contributed by atoms with Crippen molar-refractivity contribution in [1.29, 1.82) is 5.26 Å². The molecule has 1 aromatic rings. The zero-order valence-corrected chi connectivity index (χ0v) is 10.1. The van der Waals surface area contributed by atoms with Crippen LogP contribution < -0.4 is 5.32 Å². The number of benzene rings is 1. The van der Waals surface area contributed by atoms with E-state index in [4.69, 9.17) is 5.26 Å². The van der Waals surface area contributed by atoms with E-state index in [1.165, 1.54) is 31.7 Å². The Labute approximate surface area is 101 Å². The van der Waals surface area contributed by atoms with Crippen molar-refractivity contribution in [2.45, 2.75) is 32.6 Å². The van der Waals surface area contributed by atoms with Crippen molar-refractivity contribution in [2.75, 3.05) is 11.9 Å². The molecule has 0 aliphatic heterocycles. The second-order valence-electron chi connectivity index (χ2n) is 5.15. The largest absolute Gasteiger partial charge is 0.383 e. The van der Waals surface area contributed by atoms with Crippen molar-refractivity contribution in [3.63, 3.8) is 0 Å². The Morgan fingerprint density at radius 1 is 1.41 bits per heavy atom. The third-order valence-corrected chi connectivity index (χ3v) is 3.64. The van der Waals surface area contributed by atoms with Gasteiger partial charge in [0.1, 0.15) is 17.4 Å². The molecule has 0 unspecified atom stereocenters.